The van der Waals surface area contributed by atoms with Crippen LogP contribution in [0.2, 0.25) is 5.02 Å². The molecule has 2 rings (SSSR count). The fourth-order valence-electron chi connectivity index (χ4n) is 2.13. The van der Waals surface area contributed by atoms with E-state index in [1.807, 2.05) is 26.0 Å². The molecule has 27 heavy (non-hydrogen) atoms. The number of hydrogen-bond acceptors (Lipinski definition) is 5. The number of amides is 3. The second kappa shape index (κ2) is 9.59. The predicted octanol–water partition coefficient (Wildman–Crippen LogP) is 3.23. The molecule has 8 heteroatoms. The van der Waals surface area contributed by atoms with E-state index in [2.05, 4.69) is 10.6 Å². The Balaban J connectivity index is 1.70. The molecular formula is C19H19ClN2O5. The zero-order chi connectivity index (χ0) is 19.8. The van der Waals surface area contributed by atoms with Crippen LogP contribution < -0.4 is 15.4 Å². The molecule has 0 unspecified atom stereocenters. The summed E-state index contributed by atoms with van der Waals surface area (Å²) in [6.07, 6.45) is 0. The lowest BCUT2D eigenvalue weighted by atomic mass is 10.1. The van der Waals surface area contributed by atoms with Crippen molar-refractivity contribution in [1.82, 2.24) is 5.32 Å². The molecule has 0 aliphatic carbocycles. The van der Waals surface area contributed by atoms with Gasteiger partial charge in [-0.25, -0.2) is 9.59 Å². The van der Waals surface area contributed by atoms with Crippen LogP contribution in [0.25, 0.3) is 0 Å². The maximum atomic E-state index is 11.8. The van der Waals surface area contributed by atoms with Gasteiger partial charge in [0.2, 0.25) is 0 Å². The van der Waals surface area contributed by atoms with Gasteiger partial charge in [0.25, 0.3) is 5.91 Å². The zero-order valence-corrected chi connectivity index (χ0v) is 15.6. The van der Waals surface area contributed by atoms with Crippen molar-refractivity contribution >= 4 is 35.2 Å². The first-order valence-corrected chi connectivity index (χ1v) is 8.43. The molecule has 3 amide bonds. The molecule has 0 spiro atoms. The number of esters is 1. The van der Waals surface area contributed by atoms with Crippen LogP contribution in [0, 0.1) is 13.8 Å². The van der Waals surface area contributed by atoms with E-state index in [9.17, 15) is 14.4 Å². The molecule has 0 atom stereocenters. The molecule has 2 aromatic rings. The molecule has 0 aliphatic heterocycles. The van der Waals surface area contributed by atoms with Gasteiger partial charge in [-0.3, -0.25) is 10.1 Å². The molecule has 0 radical (unpaired) electrons. The molecular weight excluding hydrogens is 372 g/mol. The number of urea groups is 1. The van der Waals surface area contributed by atoms with Gasteiger partial charge in [0.05, 0.1) is 0 Å². The third kappa shape index (κ3) is 6.99. The third-order valence-electron chi connectivity index (χ3n) is 3.42. The molecule has 0 heterocycles. The number of anilines is 1. The summed E-state index contributed by atoms with van der Waals surface area (Å²) in [6.45, 7) is 2.81. The minimum Gasteiger partial charge on any atom is -0.482 e. The quantitative estimate of drug-likeness (QED) is 0.738. The lowest BCUT2D eigenvalue weighted by Gasteiger charge is -2.10. The van der Waals surface area contributed by atoms with Crippen molar-refractivity contribution in [2.75, 3.05) is 18.5 Å². The van der Waals surface area contributed by atoms with Gasteiger partial charge in [-0.15, -0.1) is 0 Å². The smallest absolute Gasteiger partial charge is 0.344 e. The summed E-state index contributed by atoms with van der Waals surface area (Å²) in [5.74, 6) is -1.05. The highest BCUT2D eigenvalue weighted by Crippen LogP contribution is 2.16. The molecule has 0 saturated heterocycles. The van der Waals surface area contributed by atoms with Gasteiger partial charge in [-0.1, -0.05) is 29.3 Å². The summed E-state index contributed by atoms with van der Waals surface area (Å²) in [5, 5.41) is 5.19. The lowest BCUT2D eigenvalue weighted by Crippen LogP contribution is -2.37. The Kier molecular flexibility index (Phi) is 7.19. The van der Waals surface area contributed by atoms with Crippen LogP contribution in [0.5, 0.6) is 5.75 Å². The second-order valence-electron chi connectivity index (χ2n) is 5.72. The number of rotatable bonds is 6. The maximum absolute atomic E-state index is 11.8. The molecule has 0 bridgehead atoms. The first kappa shape index (κ1) is 20.3. The molecule has 0 fully saturated rings. The highest BCUT2D eigenvalue weighted by atomic mass is 35.5. The summed E-state index contributed by atoms with van der Waals surface area (Å²) >= 11 is 5.74. The predicted molar refractivity (Wildman–Crippen MR) is 101 cm³/mol. The molecule has 0 saturated carbocycles. The van der Waals surface area contributed by atoms with Crippen molar-refractivity contribution in [2.24, 2.45) is 0 Å². The number of aryl methyl sites for hydroxylation is 2. The van der Waals surface area contributed by atoms with Gasteiger partial charge in [-0.2, -0.15) is 0 Å². The fraction of sp³-hybridized carbons (Fsp3) is 0.211. The SMILES string of the molecule is Cc1ccc(NC(=O)NC(=O)COC(=O)COc2ccc(Cl)cc2)c(C)c1. The first-order valence-electron chi connectivity index (χ1n) is 8.05. The van der Waals surface area contributed by atoms with Crippen LogP contribution in [0.1, 0.15) is 11.1 Å². The van der Waals surface area contributed by atoms with E-state index in [1.54, 1.807) is 30.3 Å². The maximum Gasteiger partial charge on any atom is 0.344 e. The Bertz CT molecular complexity index is 836. The Morgan fingerprint density at radius 1 is 1.00 bits per heavy atom. The van der Waals surface area contributed by atoms with Gasteiger partial charge in [0.1, 0.15) is 5.75 Å². The van der Waals surface area contributed by atoms with Crippen LogP contribution in [0.4, 0.5) is 10.5 Å². The largest absolute Gasteiger partial charge is 0.482 e. The number of nitrogens with one attached hydrogen (secondary N) is 2. The molecule has 2 aromatic carbocycles. The van der Waals surface area contributed by atoms with E-state index >= 15 is 0 Å². The number of halogens is 1. The van der Waals surface area contributed by atoms with Gasteiger partial charge >= 0.3 is 12.0 Å². The molecule has 142 valence electrons. The Labute approximate surface area is 161 Å². The highest BCUT2D eigenvalue weighted by Gasteiger charge is 2.12. The molecule has 0 aromatic heterocycles. The van der Waals surface area contributed by atoms with Crippen molar-refractivity contribution in [2.45, 2.75) is 13.8 Å². The average molecular weight is 391 g/mol. The minimum atomic E-state index is -0.753. The normalized spacial score (nSPS) is 10.0. The Morgan fingerprint density at radius 3 is 2.37 bits per heavy atom. The second-order valence-corrected chi connectivity index (χ2v) is 6.16. The van der Waals surface area contributed by atoms with Gasteiger partial charge in [-0.05, 0) is 49.7 Å². The summed E-state index contributed by atoms with van der Waals surface area (Å²) in [7, 11) is 0. The summed E-state index contributed by atoms with van der Waals surface area (Å²) in [5.41, 5.74) is 2.50. The number of carbonyl (C=O) groups excluding carboxylic acids is 3. The fourth-order valence-corrected chi connectivity index (χ4v) is 2.26. The molecule has 2 N–H and O–H groups in total. The number of benzene rings is 2. The average Bonchev–Trinajstić information content (AvgIpc) is 2.62. The van der Waals surface area contributed by atoms with Crippen molar-refractivity contribution in [3.05, 3.63) is 58.6 Å². The summed E-state index contributed by atoms with van der Waals surface area (Å²) in [6, 6.07) is 11.2. The Hall–Kier alpha value is -3.06. The van der Waals surface area contributed by atoms with E-state index in [0.717, 1.165) is 11.1 Å². The monoisotopic (exact) mass is 390 g/mol. The number of imide groups is 1. The lowest BCUT2D eigenvalue weighted by molar-refractivity contribution is -0.150. The van der Waals surface area contributed by atoms with E-state index in [4.69, 9.17) is 21.1 Å². The number of hydrogen-bond donors (Lipinski definition) is 2. The van der Waals surface area contributed by atoms with Crippen LogP contribution in [0.15, 0.2) is 42.5 Å². The van der Waals surface area contributed by atoms with Gasteiger partial charge < -0.3 is 14.8 Å². The third-order valence-corrected chi connectivity index (χ3v) is 3.67. The molecule has 7 nitrogen and oxygen atoms in total. The minimum absolute atomic E-state index is 0.371. The summed E-state index contributed by atoms with van der Waals surface area (Å²) in [4.78, 5) is 35.1. The van der Waals surface area contributed by atoms with Crippen LogP contribution >= 0.6 is 11.6 Å². The van der Waals surface area contributed by atoms with E-state index < -0.39 is 24.5 Å². The van der Waals surface area contributed by atoms with Gasteiger partial charge in [0.15, 0.2) is 13.2 Å². The van der Waals surface area contributed by atoms with E-state index in [0.29, 0.717) is 16.5 Å². The van der Waals surface area contributed by atoms with Gasteiger partial charge in [0, 0.05) is 10.7 Å². The number of carbonyl (C=O) groups is 3. The van der Waals surface area contributed by atoms with E-state index in [-0.39, 0.29) is 6.61 Å². The summed E-state index contributed by atoms with van der Waals surface area (Å²) < 4.78 is 9.95. The number of ether oxygens (including phenoxy) is 2. The van der Waals surface area contributed by atoms with Crippen molar-refractivity contribution in [3.63, 3.8) is 0 Å². The highest BCUT2D eigenvalue weighted by molar-refractivity contribution is 6.30. The van der Waals surface area contributed by atoms with Crippen molar-refractivity contribution < 1.29 is 23.9 Å². The van der Waals surface area contributed by atoms with Crippen molar-refractivity contribution in [3.8, 4) is 5.75 Å². The van der Waals surface area contributed by atoms with Crippen LogP contribution in [-0.4, -0.2) is 31.1 Å². The van der Waals surface area contributed by atoms with Crippen molar-refractivity contribution in [1.29, 1.82) is 0 Å². The topological polar surface area (TPSA) is 93.7 Å². The van der Waals surface area contributed by atoms with Crippen LogP contribution in [0.3, 0.4) is 0 Å². The van der Waals surface area contributed by atoms with Crippen LogP contribution in [-0.2, 0) is 14.3 Å². The van der Waals surface area contributed by atoms with E-state index in [1.165, 1.54) is 0 Å². The first-order chi connectivity index (χ1) is 12.8. The molecule has 0 aliphatic rings. The standard InChI is InChI=1S/C19H19ClN2O5/c1-12-3-8-16(13(2)9-12)21-19(25)22-17(23)10-27-18(24)11-26-15-6-4-14(20)5-7-15/h3-9H,10-11H2,1-2H3,(H2,21,22,23,25). The Morgan fingerprint density at radius 2 is 1.70 bits per heavy atom. The zero-order valence-electron chi connectivity index (χ0n) is 14.9.